The molecule has 1 fully saturated rings. The van der Waals surface area contributed by atoms with Crippen molar-refractivity contribution in [3.05, 3.63) is 39.9 Å². The van der Waals surface area contributed by atoms with Gasteiger partial charge in [-0.15, -0.1) is 0 Å². The third-order valence-electron chi connectivity index (χ3n) is 4.68. The van der Waals surface area contributed by atoms with Crippen LogP contribution in [0, 0.1) is 10.1 Å². The molecule has 2 amide bonds. The SMILES string of the molecule is CC(=O)S[C@H]1C[C@@H](COC(C)(C)C(N)=O)N(C(=O)OCc2ccc([N+](=O)[O-])cc2)C1. The monoisotopic (exact) mass is 439 g/mol. The minimum absolute atomic E-state index is 0.0528. The fourth-order valence-electron chi connectivity index (χ4n) is 2.89. The van der Waals surface area contributed by atoms with E-state index in [1.807, 2.05) is 0 Å². The molecule has 1 saturated heterocycles. The lowest BCUT2D eigenvalue weighted by Gasteiger charge is -2.28. The maximum atomic E-state index is 12.6. The van der Waals surface area contributed by atoms with Crippen LogP contribution in [0.3, 0.4) is 0 Å². The number of nitrogens with two attached hydrogens (primary N) is 1. The Labute approximate surface area is 178 Å². The Bertz CT molecular complexity index is 813. The van der Waals surface area contributed by atoms with Crippen LogP contribution in [0.25, 0.3) is 0 Å². The number of likely N-dealkylation sites (tertiary alicyclic amines) is 1. The molecule has 1 aliphatic rings. The lowest BCUT2D eigenvalue weighted by atomic mass is 10.1. The molecule has 1 aliphatic heterocycles. The Morgan fingerprint density at radius 2 is 1.93 bits per heavy atom. The van der Waals surface area contributed by atoms with E-state index in [1.165, 1.54) is 36.1 Å². The standard InChI is InChI=1S/C19H25N3O7S/c1-12(23)30-16-8-15(11-29-19(2,3)17(20)24)21(9-16)18(25)28-10-13-4-6-14(7-5-13)22(26)27/h4-7,15-16H,8-11H2,1-3H3,(H2,20,24)/t15-,16-/m0/s1. The summed E-state index contributed by atoms with van der Waals surface area (Å²) in [7, 11) is 0. The predicted molar refractivity (Wildman–Crippen MR) is 110 cm³/mol. The molecule has 10 nitrogen and oxygen atoms in total. The number of nitrogens with zero attached hydrogens (tertiary/aromatic N) is 2. The Balaban J connectivity index is 2.01. The van der Waals surface area contributed by atoms with E-state index >= 15 is 0 Å². The van der Waals surface area contributed by atoms with Gasteiger partial charge in [-0.1, -0.05) is 11.8 Å². The predicted octanol–water partition coefficient (Wildman–Crippen LogP) is 2.23. The molecule has 2 rings (SSSR count). The van der Waals surface area contributed by atoms with E-state index in [0.29, 0.717) is 18.5 Å². The van der Waals surface area contributed by atoms with Crippen LogP contribution in [0.5, 0.6) is 0 Å². The summed E-state index contributed by atoms with van der Waals surface area (Å²) in [6, 6.07) is 5.31. The summed E-state index contributed by atoms with van der Waals surface area (Å²) in [5.41, 5.74) is 4.68. The minimum atomic E-state index is -1.19. The van der Waals surface area contributed by atoms with Crippen LogP contribution in [0.15, 0.2) is 24.3 Å². The van der Waals surface area contributed by atoms with Gasteiger partial charge in [0, 0.05) is 30.9 Å². The molecule has 1 heterocycles. The van der Waals surface area contributed by atoms with Crippen molar-refractivity contribution in [3.63, 3.8) is 0 Å². The van der Waals surface area contributed by atoms with E-state index in [2.05, 4.69) is 0 Å². The highest BCUT2D eigenvalue weighted by Crippen LogP contribution is 2.30. The summed E-state index contributed by atoms with van der Waals surface area (Å²) < 4.78 is 11.0. The zero-order chi connectivity index (χ0) is 22.5. The molecule has 2 N–H and O–H groups in total. The van der Waals surface area contributed by atoms with Gasteiger partial charge in [-0.25, -0.2) is 4.79 Å². The van der Waals surface area contributed by atoms with Gasteiger partial charge in [-0.05, 0) is 38.0 Å². The lowest BCUT2D eigenvalue weighted by molar-refractivity contribution is -0.384. The third kappa shape index (κ3) is 6.42. The number of nitro benzene ring substituents is 1. The second-order valence-electron chi connectivity index (χ2n) is 7.44. The van der Waals surface area contributed by atoms with Crippen LogP contribution in [0.2, 0.25) is 0 Å². The molecule has 2 atom stereocenters. The van der Waals surface area contributed by atoms with Crippen molar-refractivity contribution in [1.29, 1.82) is 0 Å². The van der Waals surface area contributed by atoms with Gasteiger partial charge in [-0.3, -0.25) is 19.7 Å². The number of benzene rings is 1. The summed E-state index contributed by atoms with van der Waals surface area (Å²) in [5.74, 6) is -0.623. The molecule has 1 aromatic carbocycles. The van der Waals surface area contributed by atoms with Crippen LogP contribution in [0.4, 0.5) is 10.5 Å². The van der Waals surface area contributed by atoms with Crippen LogP contribution >= 0.6 is 11.8 Å². The summed E-state index contributed by atoms with van der Waals surface area (Å²) in [5, 5.41) is 10.5. The Kier molecular flexibility index (Phi) is 7.79. The minimum Gasteiger partial charge on any atom is -0.445 e. The van der Waals surface area contributed by atoms with Crippen molar-refractivity contribution in [2.45, 2.75) is 50.7 Å². The molecule has 0 unspecified atom stereocenters. The lowest BCUT2D eigenvalue weighted by Crippen LogP contribution is -2.45. The first-order valence-corrected chi connectivity index (χ1v) is 10.2. The van der Waals surface area contributed by atoms with E-state index in [4.69, 9.17) is 15.2 Å². The Morgan fingerprint density at radius 1 is 1.30 bits per heavy atom. The first kappa shape index (κ1) is 23.6. The van der Waals surface area contributed by atoms with E-state index in [1.54, 1.807) is 13.8 Å². The fraction of sp³-hybridized carbons (Fsp3) is 0.526. The van der Waals surface area contributed by atoms with Gasteiger partial charge in [0.15, 0.2) is 5.12 Å². The van der Waals surface area contributed by atoms with Crippen molar-refractivity contribution in [2.24, 2.45) is 5.73 Å². The molecule has 11 heteroatoms. The number of hydrogen-bond acceptors (Lipinski definition) is 8. The van der Waals surface area contributed by atoms with E-state index in [0.717, 1.165) is 11.8 Å². The molecule has 0 bridgehead atoms. The smallest absolute Gasteiger partial charge is 0.410 e. The molecule has 0 saturated carbocycles. The van der Waals surface area contributed by atoms with Gasteiger partial charge < -0.3 is 20.1 Å². The average molecular weight is 439 g/mol. The molecule has 0 aromatic heterocycles. The van der Waals surface area contributed by atoms with Gasteiger partial charge in [0.2, 0.25) is 5.91 Å². The van der Waals surface area contributed by atoms with Gasteiger partial charge in [0.25, 0.3) is 5.69 Å². The van der Waals surface area contributed by atoms with Crippen molar-refractivity contribution < 1.29 is 28.8 Å². The molecule has 1 aromatic rings. The number of thioether (sulfide) groups is 1. The summed E-state index contributed by atoms with van der Waals surface area (Å²) in [6.07, 6.45) is -0.0865. The Hall–Kier alpha value is -2.66. The maximum absolute atomic E-state index is 12.6. The van der Waals surface area contributed by atoms with Crippen LogP contribution in [-0.4, -0.2) is 57.0 Å². The number of carbonyl (C=O) groups is 3. The van der Waals surface area contributed by atoms with Crippen molar-refractivity contribution in [1.82, 2.24) is 4.90 Å². The highest BCUT2D eigenvalue weighted by molar-refractivity contribution is 8.14. The highest BCUT2D eigenvalue weighted by atomic mass is 32.2. The summed E-state index contributed by atoms with van der Waals surface area (Å²) in [6.45, 7) is 4.86. The van der Waals surface area contributed by atoms with Gasteiger partial charge >= 0.3 is 6.09 Å². The van der Waals surface area contributed by atoms with Crippen molar-refractivity contribution in [3.8, 4) is 0 Å². The summed E-state index contributed by atoms with van der Waals surface area (Å²) >= 11 is 1.15. The molecule has 0 radical (unpaired) electrons. The maximum Gasteiger partial charge on any atom is 0.410 e. The quantitative estimate of drug-likeness (QED) is 0.480. The topological polar surface area (TPSA) is 142 Å². The largest absolute Gasteiger partial charge is 0.445 e. The number of carbonyl (C=O) groups excluding carboxylic acids is 3. The van der Waals surface area contributed by atoms with Crippen LogP contribution in [-0.2, 0) is 25.7 Å². The van der Waals surface area contributed by atoms with Crippen LogP contribution in [0.1, 0.15) is 32.8 Å². The summed E-state index contributed by atoms with van der Waals surface area (Å²) in [4.78, 5) is 47.3. The first-order valence-electron chi connectivity index (χ1n) is 9.27. The van der Waals surface area contributed by atoms with E-state index < -0.39 is 22.5 Å². The van der Waals surface area contributed by atoms with Gasteiger partial charge in [0.1, 0.15) is 12.2 Å². The molecular weight excluding hydrogens is 414 g/mol. The number of non-ortho nitro benzene ring substituents is 1. The second-order valence-corrected chi connectivity index (χ2v) is 8.91. The molecule has 164 valence electrons. The Morgan fingerprint density at radius 3 is 2.47 bits per heavy atom. The van der Waals surface area contributed by atoms with E-state index in [9.17, 15) is 24.5 Å². The highest BCUT2D eigenvalue weighted by Gasteiger charge is 2.39. The number of ether oxygens (including phenoxy) is 2. The van der Waals surface area contributed by atoms with Crippen molar-refractivity contribution >= 4 is 34.6 Å². The first-order chi connectivity index (χ1) is 14.0. The average Bonchev–Trinajstić information content (AvgIpc) is 3.06. The number of primary amides is 1. The number of rotatable bonds is 8. The van der Waals surface area contributed by atoms with Gasteiger partial charge in [0.05, 0.1) is 17.6 Å². The van der Waals surface area contributed by atoms with Crippen molar-refractivity contribution in [2.75, 3.05) is 13.2 Å². The van der Waals surface area contributed by atoms with E-state index in [-0.39, 0.29) is 35.3 Å². The number of amides is 2. The third-order valence-corrected chi connectivity index (χ3v) is 5.69. The van der Waals surface area contributed by atoms with Gasteiger partial charge in [-0.2, -0.15) is 0 Å². The normalized spacial score (nSPS) is 18.8. The molecule has 0 spiro atoms. The van der Waals surface area contributed by atoms with Crippen LogP contribution < -0.4 is 5.73 Å². The molecule has 30 heavy (non-hydrogen) atoms. The second kappa shape index (κ2) is 9.90. The fourth-order valence-corrected chi connectivity index (χ4v) is 3.92. The number of nitro groups is 1. The molecular formula is C19H25N3O7S. The number of hydrogen-bond donors (Lipinski definition) is 1. The molecule has 0 aliphatic carbocycles. The zero-order valence-electron chi connectivity index (χ0n) is 17.0. The zero-order valence-corrected chi connectivity index (χ0v) is 17.8.